The van der Waals surface area contributed by atoms with Gasteiger partial charge in [0.15, 0.2) is 6.10 Å². The molecule has 0 spiro atoms. The number of likely N-dealkylation sites (tertiary alicyclic amines) is 1. The van der Waals surface area contributed by atoms with Crippen LogP contribution in [0.4, 0.5) is 0 Å². The van der Waals surface area contributed by atoms with Gasteiger partial charge in [-0.15, -0.1) is 0 Å². The zero-order chi connectivity index (χ0) is 12.3. The first-order valence-corrected chi connectivity index (χ1v) is 6.19. The van der Waals surface area contributed by atoms with Gasteiger partial charge in [0.25, 0.3) is 5.91 Å². The summed E-state index contributed by atoms with van der Waals surface area (Å²) in [4.78, 5) is 13.9. The van der Waals surface area contributed by atoms with E-state index in [1.807, 2.05) is 43.0 Å². The Morgan fingerprint density at radius 1 is 1.24 bits per heavy atom. The lowest BCUT2D eigenvalue weighted by atomic mass is 10.2. The Morgan fingerprint density at radius 2 is 1.82 bits per heavy atom. The van der Waals surface area contributed by atoms with Crippen LogP contribution in [0.3, 0.4) is 0 Å². The number of hydrogen-bond donors (Lipinski definition) is 0. The normalized spacial score (nSPS) is 16.9. The van der Waals surface area contributed by atoms with Crippen LogP contribution in [0.15, 0.2) is 24.3 Å². The van der Waals surface area contributed by atoms with Gasteiger partial charge in [0, 0.05) is 13.1 Å². The third-order valence-corrected chi connectivity index (χ3v) is 3.10. The predicted octanol–water partition coefficient (Wildman–Crippen LogP) is 2.38. The van der Waals surface area contributed by atoms with E-state index in [1.54, 1.807) is 0 Å². The lowest BCUT2D eigenvalue weighted by molar-refractivity contribution is -0.136. The van der Waals surface area contributed by atoms with E-state index >= 15 is 0 Å². The molecule has 2 rings (SSSR count). The number of carbonyl (C=O) groups is 1. The maximum Gasteiger partial charge on any atom is 0.263 e. The lowest BCUT2D eigenvalue weighted by Crippen LogP contribution is -2.38. The average Bonchev–Trinajstić information content (AvgIpc) is 2.84. The summed E-state index contributed by atoms with van der Waals surface area (Å²) in [5, 5.41) is 0. The highest BCUT2D eigenvalue weighted by atomic mass is 16.5. The monoisotopic (exact) mass is 233 g/mol. The van der Waals surface area contributed by atoms with Gasteiger partial charge in [-0.05, 0) is 38.8 Å². The maximum atomic E-state index is 12.0. The molecule has 92 valence electrons. The molecule has 3 nitrogen and oxygen atoms in total. The number of benzene rings is 1. The van der Waals surface area contributed by atoms with E-state index in [1.165, 1.54) is 5.56 Å². The van der Waals surface area contributed by atoms with Gasteiger partial charge >= 0.3 is 0 Å². The van der Waals surface area contributed by atoms with E-state index in [0.717, 1.165) is 31.7 Å². The second-order valence-corrected chi connectivity index (χ2v) is 4.61. The number of carbonyl (C=O) groups excluding carboxylic acids is 1. The van der Waals surface area contributed by atoms with Crippen LogP contribution in [0.25, 0.3) is 0 Å². The second kappa shape index (κ2) is 5.21. The molecule has 0 radical (unpaired) electrons. The molecule has 1 atom stereocenters. The largest absolute Gasteiger partial charge is 0.481 e. The van der Waals surface area contributed by atoms with Crippen LogP contribution >= 0.6 is 0 Å². The van der Waals surface area contributed by atoms with Crippen molar-refractivity contribution in [2.24, 2.45) is 0 Å². The van der Waals surface area contributed by atoms with Crippen LogP contribution in [-0.4, -0.2) is 30.0 Å². The fraction of sp³-hybridized carbons (Fsp3) is 0.500. The molecular weight excluding hydrogens is 214 g/mol. The Bertz CT molecular complexity index is 380. The molecule has 1 aromatic rings. The van der Waals surface area contributed by atoms with Gasteiger partial charge in [0.05, 0.1) is 0 Å². The van der Waals surface area contributed by atoms with Gasteiger partial charge in [-0.25, -0.2) is 0 Å². The van der Waals surface area contributed by atoms with Gasteiger partial charge < -0.3 is 9.64 Å². The molecule has 1 amide bonds. The Balaban J connectivity index is 1.93. The summed E-state index contributed by atoms with van der Waals surface area (Å²) in [6.45, 7) is 5.60. The minimum atomic E-state index is -0.393. The highest BCUT2D eigenvalue weighted by Gasteiger charge is 2.24. The molecule has 0 aliphatic carbocycles. The number of nitrogens with zero attached hydrogens (tertiary/aromatic N) is 1. The summed E-state index contributed by atoms with van der Waals surface area (Å²) < 4.78 is 5.65. The van der Waals surface area contributed by atoms with Gasteiger partial charge in [-0.3, -0.25) is 4.79 Å². The smallest absolute Gasteiger partial charge is 0.263 e. The van der Waals surface area contributed by atoms with E-state index < -0.39 is 6.10 Å². The molecule has 1 aromatic carbocycles. The predicted molar refractivity (Wildman–Crippen MR) is 67.1 cm³/mol. The molecule has 0 N–H and O–H groups in total. The first-order chi connectivity index (χ1) is 8.16. The molecule has 1 aliphatic rings. The molecule has 17 heavy (non-hydrogen) atoms. The van der Waals surface area contributed by atoms with Crippen molar-refractivity contribution in [3.05, 3.63) is 29.8 Å². The summed E-state index contributed by atoms with van der Waals surface area (Å²) in [5.74, 6) is 0.860. The second-order valence-electron chi connectivity index (χ2n) is 4.61. The molecule has 1 heterocycles. The Labute approximate surface area is 102 Å². The molecule has 0 unspecified atom stereocenters. The minimum absolute atomic E-state index is 0.100. The van der Waals surface area contributed by atoms with Crippen molar-refractivity contribution in [1.82, 2.24) is 4.90 Å². The Kier molecular flexibility index (Phi) is 3.67. The fourth-order valence-electron chi connectivity index (χ4n) is 2.07. The summed E-state index contributed by atoms with van der Waals surface area (Å²) in [7, 11) is 0. The quantitative estimate of drug-likeness (QED) is 0.802. The SMILES string of the molecule is Cc1ccc(O[C@@H](C)C(=O)N2CCCC2)cc1. The zero-order valence-corrected chi connectivity index (χ0v) is 10.5. The van der Waals surface area contributed by atoms with Gasteiger partial charge in [-0.1, -0.05) is 17.7 Å². The van der Waals surface area contributed by atoms with Crippen molar-refractivity contribution in [3.63, 3.8) is 0 Å². The van der Waals surface area contributed by atoms with E-state index in [0.29, 0.717) is 0 Å². The molecule has 3 heteroatoms. The van der Waals surface area contributed by atoms with Crippen LogP contribution < -0.4 is 4.74 Å². The van der Waals surface area contributed by atoms with Crippen molar-refractivity contribution in [3.8, 4) is 5.75 Å². The number of aryl methyl sites for hydroxylation is 1. The van der Waals surface area contributed by atoms with Crippen LogP contribution in [0.1, 0.15) is 25.3 Å². The standard InChI is InChI=1S/C14H19NO2/c1-11-5-7-13(8-6-11)17-12(2)14(16)15-9-3-4-10-15/h5-8,12H,3-4,9-10H2,1-2H3/t12-/m0/s1. The third-order valence-electron chi connectivity index (χ3n) is 3.10. The average molecular weight is 233 g/mol. The third kappa shape index (κ3) is 2.99. The van der Waals surface area contributed by atoms with E-state index in [4.69, 9.17) is 4.74 Å². The Morgan fingerprint density at radius 3 is 2.41 bits per heavy atom. The fourth-order valence-corrected chi connectivity index (χ4v) is 2.07. The number of ether oxygens (including phenoxy) is 1. The van der Waals surface area contributed by atoms with E-state index in [2.05, 4.69) is 0 Å². The van der Waals surface area contributed by atoms with E-state index in [-0.39, 0.29) is 5.91 Å². The molecule has 0 bridgehead atoms. The zero-order valence-electron chi connectivity index (χ0n) is 10.5. The summed E-state index contributed by atoms with van der Waals surface area (Å²) in [6.07, 6.45) is 1.84. The van der Waals surface area contributed by atoms with E-state index in [9.17, 15) is 4.79 Å². The van der Waals surface area contributed by atoms with Crippen molar-refractivity contribution < 1.29 is 9.53 Å². The van der Waals surface area contributed by atoms with Crippen LogP contribution in [0, 0.1) is 6.92 Å². The number of hydrogen-bond acceptors (Lipinski definition) is 2. The molecule has 1 aliphatic heterocycles. The van der Waals surface area contributed by atoms with Gasteiger partial charge in [0.2, 0.25) is 0 Å². The molecule has 0 saturated carbocycles. The summed E-state index contributed by atoms with van der Waals surface area (Å²) in [6, 6.07) is 7.79. The number of rotatable bonds is 3. The summed E-state index contributed by atoms with van der Waals surface area (Å²) >= 11 is 0. The molecule has 1 fully saturated rings. The molecule has 0 aromatic heterocycles. The summed E-state index contributed by atoms with van der Waals surface area (Å²) in [5.41, 5.74) is 1.19. The first kappa shape index (κ1) is 12.0. The molecular formula is C14H19NO2. The van der Waals surface area contributed by atoms with Crippen molar-refractivity contribution in [1.29, 1.82) is 0 Å². The van der Waals surface area contributed by atoms with Crippen molar-refractivity contribution >= 4 is 5.91 Å². The Hall–Kier alpha value is -1.51. The minimum Gasteiger partial charge on any atom is -0.481 e. The van der Waals surface area contributed by atoms with Gasteiger partial charge in [0.1, 0.15) is 5.75 Å². The highest BCUT2D eigenvalue weighted by molar-refractivity contribution is 5.81. The molecule has 1 saturated heterocycles. The number of amides is 1. The highest BCUT2D eigenvalue weighted by Crippen LogP contribution is 2.16. The van der Waals surface area contributed by atoms with Gasteiger partial charge in [-0.2, -0.15) is 0 Å². The van der Waals surface area contributed by atoms with Crippen molar-refractivity contribution in [2.45, 2.75) is 32.8 Å². The van der Waals surface area contributed by atoms with Crippen molar-refractivity contribution in [2.75, 3.05) is 13.1 Å². The van der Waals surface area contributed by atoms with Crippen LogP contribution in [-0.2, 0) is 4.79 Å². The first-order valence-electron chi connectivity index (χ1n) is 6.19. The topological polar surface area (TPSA) is 29.5 Å². The lowest BCUT2D eigenvalue weighted by Gasteiger charge is -2.21. The van der Waals surface area contributed by atoms with Crippen LogP contribution in [0.2, 0.25) is 0 Å². The van der Waals surface area contributed by atoms with Crippen LogP contribution in [0.5, 0.6) is 5.75 Å². The maximum absolute atomic E-state index is 12.0.